The first-order valence-corrected chi connectivity index (χ1v) is 5.31. The quantitative estimate of drug-likeness (QED) is 0.625. The van der Waals surface area contributed by atoms with E-state index in [1.165, 1.54) is 0 Å². The molecule has 1 aromatic carbocycles. The Balaban J connectivity index is 2.66. The molecular formula is C8H2ClF2N3O2S. The summed E-state index contributed by atoms with van der Waals surface area (Å²) in [7, 11) is 0. The molecule has 0 amide bonds. The Hall–Kier alpha value is -1.67. The first kappa shape index (κ1) is 11.8. The third-order valence-electron chi connectivity index (χ3n) is 1.85. The number of hydrogen-bond acceptors (Lipinski definition) is 5. The molecule has 17 heavy (non-hydrogen) atoms. The van der Waals surface area contributed by atoms with Gasteiger partial charge in [-0.15, -0.1) is 10.2 Å². The van der Waals surface area contributed by atoms with Crippen LogP contribution in [0.15, 0.2) is 12.1 Å². The van der Waals surface area contributed by atoms with E-state index in [-0.39, 0.29) is 15.0 Å². The van der Waals surface area contributed by atoms with Crippen LogP contribution in [0.1, 0.15) is 0 Å². The zero-order valence-corrected chi connectivity index (χ0v) is 9.43. The monoisotopic (exact) mass is 277 g/mol. The molecule has 0 bridgehead atoms. The van der Waals surface area contributed by atoms with Crippen LogP contribution in [0.4, 0.5) is 14.5 Å². The predicted octanol–water partition coefficient (Wildman–Crippen LogP) is 3.04. The molecule has 0 spiro atoms. The van der Waals surface area contributed by atoms with Gasteiger partial charge in [0.1, 0.15) is 5.82 Å². The van der Waals surface area contributed by atoms with Crippen LogP contribution in [0.25, 0.3) is 10.6 Å². The van der Waals surface area contributed by atoms with Gasteiger partial charge in [0.15, 0.2) is 5.01 Å². The number of nitrogens with zero attached hydrogens (tertiary/aromatic N) is 3. The van der Waals surface area contributed by atoms with E-state index in [9.17, 15) is 18.9 Å². The second-order valence-electron chi connectivity index (χ2n) is 2.90. The molecule has 2 rings (SSSR count). The van der Waals surface area contributed by atoms with E-state index in [4.69, 9.17) is 11.6 Å². The summed E-state index contributed by atoms with van der Waals surface area (Å²) in [6.07, 6.45) is 0. The molecule has 0 aliphatic rings. The SMILES string of the molecule is O=[N+]([O-])c1cc(F)cc(-c2nnc(Cl)s2)c1F. The van der Waals surface area contributed by atoms with E-state index in [0.717, 1.165) is 17.4 Å². The smallest absolute Gasteiger partial charge is 0.258 e. The molecule has 0 fully saturated rings. The third-order valence-corrected chi connectivity index (χ3v) is 2.90. The summed E-state index contributed by atoms with van der Waals surface area (Å²) in [4.78, 5) is 9.49. The number of aromatic nitrogens is 2. The molecule has 0 aliphatic carbocycles. The third kappa shape index (κ3) is 2.22. The number of nitro benzene ring substituents is 1. The van der Waals surface area contributed by atoms with Crippen LogP contribution in [0.2, 0.25) is 4.47 Å². The molecule has 0 unspecified atom stereocenters. The highest BCUT2D eigenvalue weighted by Gasteiger charge is 2.23. The van der Waals surface area contributed by atoms with Gasteiger partial charge in [-0.1, -0.05) is 11.3 Å². The van der Waals surface area contributed by atoms with E-state index in [0.29, 0.717) is 6.07 Å². The first-order valence-electron chi connectivity index (χ1n) is 4.12. The lowest BCUT2D eigenvalue weighted by molar-refractivity contribution is -0.387. The zero-order valence-electron chi connectivity index (χ0n) is 7.85. The van der Waals surface area contributed by atoms with E-state index in [2.05, 4.69) is 10.2 Å². The first-order chi connectivity index (χ1) is 7.99. The summed E-state index contributed by atoms with van der Waals surface area (Å²) in [5, 5.41) is 17.4. The van der Waals surface area contributed by atoms with Crippen molar-refractivity contribution in [1.29, 1.82) is 0 Å². The fraction of sp³-hybridized carbons (Fsp3) is 0. The van der Waals surface area contributed by atoms with Gasteiger partial charge < -0.3 is 0 Å². The van der Waals surface area contributed by atoms with Crippen molar-refractivity contribution in [2.75, 3.05) is 0 Å². The molecule has 1 aromatic heterocycles. The van der Waals surface area contributed by atoms with Gasteiger partial charge in [-0.05, 0) is 17.7 Å². The fourth-order valence-electron chi connectivity index (χ4n) is 1.18. The molecule has 0 N–H and O–H groups in total. The van der Waals surface area contributed by atoms with Crippen LogP contribution in [0, 0.1) is 21.7 Å². The fourth-order valence-corrected chi connectivity index (χ4v) is 2.02. The highest BCUT2D eigenvalue weighted by atomic mass is 35.5. The normalized spacial score (nSPS) is 10.5. The lowest BCUT2D eigenvalue weighted by Crippen LogP contribution is -1.96. The highest BCUT2D eigenvalue weighted by Crippen LogP contribution is 2.33. The Labute approximate surface area is 102 Å². The lowest BCUT2D eigenvalue weighted by atomic mass is 10.2. The minimum Gasteiger partial charge on any atom is -0.258 e. The average Bonchev–Trinajstić information content (AvgIpc) is 2.67. The van der Waals surface area contributed by atoms with E-state index in [1.54, 1.807) is 0 Å². The molecule has 88 valence electrons. The van der Waals surface area contributed by atoms with Crippen molar-refractivity contribution in [3.8, 4) is 10.6 Å². The maximum Gasteiger partial charge on any atom is 0.308 e. The largest absolute Gasteiger partial charge is 0.308 e. The Morgan fingerprint density at radius 1 is 1.35 bits per heavy atom. The Bertz CT molecular complexity index is 604. The van der Waals surface area contributed by atoms with Crippen molar-refractivity contribution in [2.24, 2.45) is 0 Å². The number of nitro groups is 1. The Morgan fingerprint density at radius 3 is 2.59 bits per heavy atom. The number of hydrogen-bond donors (Lipinski definition) is 0. The van der Waals surface area contributed by atoms with Gasteiger partial charge in [-0.3, -0.25) is 10.1 Å². The number of rotatable bonds is 2. The second kappa shape index (κ2) is 4.30. The van der Waals surface area contributed by atoms with Crippen molar-refractivity contribution in [3.05, 3.63) is 38.3 Å². The summed E-state index contributed by atoms with van der Waals surface area (Å²) >= 11 is 6.30. The van der Waals surface area contributed by atoms with E-state index < -0.39 is 22.2 Å². The van der Waals surface area contributed by atoms with Crippen molar-refractivity contribution >= 4 is 28.6 Å². The number of halogens is 3. The molecule has 0 saturated heterocycles. The van der Waals surface area contributed by atoms with Crippen molar-refractivity contribution < 1.29 is 13.7 Å². The standard InChI is InChI=1S/C8H2ClF2N3O2S/c9-8-13-12-7(17-8)4-1-3(10)2-5(6(4)11)14(15)16/h1-2H. The highest BCUT2D eigenvalue weighted by molar-refractivity contribution is 7.18. The van der Waals surface area contributed by atoms with Crippen LogP contribution in [-0.4, -0.2) is 15.1 Å². The van der Waals surface area contributed by atoms with Crippen molar-refractivity contribution in [2.45, 2.75) is 0 Å². The van der Waals surface area contributed by atoms with Crippen LogP contribution in [-0.2, 0) is 0 Å². The van der Waals surface area contributed by atoms with Gasteiger partial charge in [-0.25, -0.2) is 4.39 Å². The van der Waals surface area contributed by atoms with Crippen molar-refractivity contribution in [1.82, 2.24) is 10.2 Å². The average molecular weight is 278 g/mol. The van der Waals surface area contributed by atoms with Gasteiger partial charge in [0.05, 0.1) is 16.6 Å². The van der Waals surface area contributed by atoms with E-state index in [1.807, 2.05) is 0 Å². The molecular weight excluding hydrogens is 276 g/mol. The molecule has 2 aromatic rings. The van der Waals surface area contributed by atoms with Gasteiger partial charge in [0.2, 0.25) is 10.3 Å². The lowest BCUT2D eigenvalue weighted by Gasteiger charge is -2.00. The maximum absolute atomic E-state index is 13.7. The minimum atomic E-state index is -1.16. The Kier molecular flexibility index (Phi) is 2.99. The second-order valence-corrected chi connectivity index (χ2v) is 4.46. The molecule has 9 heteroatoms. The van der Waals surface area contributed by atoms with Crippen LogP contribution < -0.4 is 0 Å². The van der Waals surface area contributed by atoms with E-state index >= 15 is 0 Å². The Morgan fingerprint density at radius 2 is 2.06 bits per heavy atom. The van der Waals surface area contributed by atoms with Gasteiger partial charge in [0, 0.05) is 0 Å². The predicted molar refractivity (Wildman–Crippen MR) is 56.9 cm³/mol. The molecule has 0 saturated carbocycles. The number of benzene rings is 1. The molecule has 0 atom stereocenters. The summed E-state index contributed by atoms with van der Waals surface area (Å²) in [6.45, 7) is 0. The van der Waals surface area contributed by atoms with Crippen molar-refractivity contribution in [3.63, 3.8) is 0 Å². The molecule has 5 nitrogen and oxygen atoms in total. The van der Waals surface area contributed by atoms with Gasteiger partial charge in [0.25, 0.3) is 0 Å². The maximum atomic E-state index is 13.7. The van der Waals surface area contributed by atoms with Crippen LogP contribution in [0.5, 0.6) is 0 Å². The van der Waals surface area contributed by atoms with Gasteiger partial charge >= 0.3 is 5.69 Å². The zero-order chi connectivity index (χ0) is 12.6. The summed E-state index contributed by atoms with van der Waals surface area (Å²) < 4.78 is 26.8. The molecule has 0 radical (unpaired) electrons. The molecule has 0 aliphatic heterocycles. The summed E-state index contributed by atoms with van der Waals surface area (Å²) in [5.41, 5.74) is -1.28. The van der Waals surface area contributed by atoms with Gasteiger partial charge in [-0.2, -0.15) is 4.39 Å². The van der Waals surface area contributed by atoms with Crippen LogP contribution >= 0.6 is 22.9 Å². The minimum absolute atomic E-state index is 0.0184. The van der Waals surface area contributed by atoms with Crippen LogP contribution in [0.3, 0.4) is 0 Å². The topological polar surface area (TPSA) is 68.9 Å². The molecule has 1 heterocycles. The summed E-state index contributed by atoms with van der Waals surface area (Å²) in [6, 6.07) is 1.31. The summed E-state index contributed by atoms with van der Waals surface area (Å²) in [5.74, 6) is -2.09.